The molecule has 1 unspecified atom stereocenters. The fraction of sp³-hybridized carbons (Fsp3) is 0.429. The van der Waals surface area contributed by atoms with Gasteiger partial charge in [0.15, 0.2) is 0 Å². The van der Waals surface area contributed by atoms with Gasteiger partial charge in [0.05, 0.1) is 17.2 Å². The van der Waals surface area contributed by atoms with E-state index in [1.165, 1.54) is 10.2 Å². The van der Waals surface area contributed by atoms with Crippen LogP contribution in [0.4, 0.5) is 10.5 Å². The predicted molar refractivity (Wildman–Crippen MR) is 117 cm³/mol. The van der Waals surface area contributed by atoms with Crippen molar-refractivity contribution in [1.82, 2.24) is 24.6 Å². The molecule has 2 aromatic heterocycles. The highest BCUT2D eigenvalue weighted by atomic mass is 32.1. The molecule has 8 nitrogen and oxygen atoms in total. The molecule has 9 heteroatoms. The molecule has 0 fully saturated rings. The fourth-order valence-corrected chi connectivity index (χ4v) is 4.29. The Morgan fingerprint density at radius 2 is 2.07 bits per heavy atom. The Bertz CT molecular complexity index is 1080. The number of nitrogens with one attached hydrogen (secondary N) is 2. The number of fused-ring (bicyclic) bond motifs is 1. The summed E-state index contributed by atoms with van der Waals surface area (Å²) in [7, 11) is 0. The minimum absolute atomic E-state index is 0.00402. The standard InChI is InChI=1S/C21H26N6O2S/c1-3-15-4-6-16(7-5-15)23-20(28)24-17-8-9-19-25-27(21(29)26(19)11-10-17)12-18-13-30-14(2)22-18/h4-7,13,17H,3,8-12H2,1-2H3,(H2,23,24,28). The average molecular weight is 427 g/mol. The number of carbonyl (C=O) groups is 1. The zero-order valence-electron chi connectivity index (χ0n) is 17.2. The van der Waals surface area contributed by atoms with Crippen molar-refractivity contribution in [2.24, 2.45) is 0 Å². The van der Waals surface area contributed by atoms with Gasteiger partial charge in [0.1, 0.15) is 5.82 Å². The highest BCUT2D eigenvalue weighted by Gasteiger charge is 2.22. The van der Waals surface area contributed by atoms with Gasteiger partial charge in [0.2, 0.25) is 0 Å². The van der Waals surface area contributed by atoms with Crippen molar-refractivity contribution in [3.8, 4) is 0 Å². The van der Waals surface area contributed by atoms with Crippen molar-refractivity contribution >= 4 is 23.1 Å². The first-order valence-corrected chi connectivity index (χ1v) is 11.1. The summed E-state index contributed by atoms with van der Waals surface area (Å²) in [5, 5.41) is 13.4. The molecule has 30 heavy (non-hydrogen) atoms. The van der Waals surface area contributed by atoms with E-state index in [1.54, 1.807) is 15.9 Å². The van der Waals surface area contributed by atoms with Crippen LogP contribution >= 0.6 is 11.3 Å². The summed E-state index contributed by atoms with van der Waals surface area (Å²) in [6.45, 7) is 4.98. The molecule has 0 saturated carbocycles. The zero-order valence-corrected chi connectivity index (χ0v) is 18.0. The van der Waals surface area contributed by atoms with Crippen LogP contribution in [0.15, 0.2) is 34.4 Å². The summed E-state index contributed by atoms with van der Waals surface area (Å²) >= 11 is 1.57. The molecule has 1 aliphatic rings. The van der Waals surface area contributed by atoms with E-state index in [4.69, 9.17) is 0 Å². The van der Waals surface area contributed by atoms with Gasteiger partial charge in [-0.05, 0) is 43.9 Å². The minimum Gasteiger partial charge on any atom is -0.335 e. The maximum absolute atomic E-state index is 12.7. The fourth-order valence-electron chi connectivity index (χ4n) is 3.69. The third kappa shape index (κ3) is 4.62. The van der Waals surface area contributed by atoms with Crippen LogP contribution in [0.3, 0.4) is 0 Å². The number of thiazole rings is 1. The molecule has 0 saturated heterocycles. The Morgan fingerprint density at radius 1 is 1.27 bits per heavy atom. The van der Waals surface area contributed by atoms with Gasteiger partial charge >= 0.3 is 11.7 Å². The Hall–Kier alpha value is -2.94. The minimum atomic E-state index is -0.222. The van der Waals surface area contributed by atoms with Gasteiger partial charge in [-0.3, -0.25) is 4.57 Å². The van der Waals surface area contributed by atoms with E-state index in [0.29, 0.717) is 25.9 Å². The monoisotopic (exact) mass is 426 g/mol. The van der Waals surface area contributed by atoms with Gasteiger partial charge in [0.25, 0.3) is 0 Å². The van der Waals surface area contributed by atoms with Crippen molar-refractivity contribution in [3.05, 3.63) is 62.2 Å². The number of aromatic nitrogens is 4. The second-order valence-corrected chi connectivity index (χ2v) is 8.60. The second-order valence-electron chi connectivity index (χ2n) is 7.54. The second kappa shape index (κ2) is 8.83. The van der Waals surface area contributed by atoms with E-state index < -0.39 is 0 Å². The van der Waals surface area contributed by atoms with Gasteiger partial charge in [-0.2, -0.15) is 5.10 Å². The van der Waals surface area contributed by atoms with Crippen LogP contribution in [0.25, 0.3) is 0 Å². The number of urea groups is 1. The van der Waals surface area contributed by atoms with Crippen LogP contribution in [-0.2, 0) is 25.9 Å². The first-order valence-electron chi connectivity index (χ1n) is 10.3. The maximum atomic E-state index is 12.7. The summed E-state index contributed by atoms with van der Waals surface area (Å²) in [4.78, 5) is 29.5. The highest BCUT2D eigenvalue weighted by Crippen LogP contribution is 2.14. The molecule has 0 aliphatic carbocycles. The van der Waals surface area contributed by atoms with Crippen LogP contribution in [0.2, 0.25) is 0 Å². The number of nitrogens with zero attached hydrogens (tertiary/aromatic N) is 4. The van der Waals surface area contributed by atoms with Gasteiger partial charge in [-0.25, -0.2) is 19.3 Å². The van der Waals surface area contributed by atoms with Crippen LogP contribution in [0.1, 0.15) is 41.9 Å². The Labute approximate surface area is 179 Å². The summed E-state index contributed by atoms with van der Waals surface area (Å²) in [5.41, 5.74) is 2.74. The Morgan fingerprint density at radius 3 is 2.77 bits per heavy atom. The number of rotatable bonds is 5. The molecule has 158 valence electrons. The normalized spacial score (nSPS) is 16.0. The number of hydrogen-bond donors (Lipinski definition) is 2. The molecule has 0 bridgehead atoms. The topological polar surface area (TPSA) is 93.8 Å². The predicted octanol–water partition coefficient (Wildman–Crippen LogP) is 2.95. The Balaban J connectivity index is 1.35. The molecule has 4 rings (SSSR count). The van der Waals surface area contributed by atoms with Crippen LogP contribution in [-0.4, -0.2) is 31.4 Å². The van der Waals surface area contributed by atoms with Crippen molar-refractivity contribution in [2.75, 3.05) is 5.32 Å². The molecule has 0 spiro atoms. The molecule has 3 heterocycles. The smallest absolute Gasteiger partial charge is 0.335 e. The van der Waals surface area contributed by atoms with Crippen molar-refractivity contribution in [3.63, 3.8) is 0 Å². The molecule has 3 aromatic rings. The molecular formula is C21H26N6O2S. The van der Waals surface area contributed by atoms with Crippen molar-refractivity contribution in [1.29, 1.82) is 0 Å². The SMILES string of the molecule is CCc1ccc(NC(=O)NC2CCc3nn(Cc4csc(C)n4)c(=O)n3CC2)cc1. The number of carbonyl (C=O) groups excluding carboxylic acids is 1. The third-order valence-corrected chi connectivity index (χ3v) is 6.17. The average Bonchev–Trinajstić information content (AvgIpc) is 3.20. The molecule has 2 amide bonds. The molecule has 1 aliphatic heterocycles. The van der Waals surface area contributed by atoms with Gasteiger partial charge < -0.3 is 10.6 Å². The molecular weight excluding hydrogens is 400 g/mol. The summed E-state index contributed by atoms with van der Waals surface area (Å²) in [6, 6.07) is 7.62. The van der Waals surface area contributed by atoms with E-state index >= 15 is 0 Å². The van der Waals surface area contributed by atoms with E-state index in [0.717, 1.165) is 35.1 Å². The molecule has 2 N–H and O–H groups in total. The number of benzene rings is 1. The largest absolute Gasteiger partial charge is 0.346 e. The quantitative estimate of drug-likeness (QED) is 0.656. The number of hydrogen-bond acceptors (Lipinski definition) is 5. The van der Waals surface area contributed by atoms with Crippen molar-refractivity contribution < 1.29 is 4.79 Å². The summed E-state index contributed by atoms with van der Waals surface area (Å²) in [5.74, 6) is 0.770. The lowest BCUT2D eigenvalue weighted by Crippen LogP contribution is -2.38. The lowest BCUT2D eigenvalue weighted by molar-refractivity contribution is 0.247. The summed E-state index contributed by atoms with van der Waals surface area (Å²) in [6.07, 6.45) is 3.05. The van der Waals surface area contributed by atoms with E-state index in [-0.39, 0.29) is 17.8 Å². The third-order valence-electron chi connectivity index (χ3n) is 5.35. The molecule has 0 radical (unpaired) electrons. The highest BCUT2D eigenvalue weighted by molar-refractivity contribution is 7.09. The number of anilines is 1. The van der Waals surface area contributed by atoms with Gasteiger partial charge in [0, 0.05) is 30.1 Å². The number of aryl methyl sites for hydroxylation is 3. The molecule has 1 aromatic carbocycles. The maximum Gasteiger partial charge on any atom is 0.346 e. The van der Waals surface area contributed by atoms with E-state index in [2.05, 4.69) is 27.6 Å². The van der Waals surface area contributed by atoms with Crippen LogP contribution in [0.5, 0.6) is 0 Å². The lowest BCUT2D eigenvalue weighted by Gasteiger charge is -2.16. The lowest BCUT2D eigenvalue weighted by atomic mass is 10.1. The summed E-state index contributed by atoms with van der Waals surface area (Å²) < 4.78 is 3.21. The van der Waals surface area contributed by atoms with E-state index in [1.807, 2.05) is 36.6 Å². The zero-order chi connectivity index (χ0) is 21.1. The van der Waals surface area contributed by atoms with Gasteiger partial charge in [-0.15, -0.1) is 11.3 Å². The van der Waals surface area contributed by atoms with E-state index in [9.17, 15) is 9.59 Å². The Kier molecular flexibility index (Phi) is 5.98. The first-order chi connectivity index (χ1) is 14.5. The van der Waals surface area contributed by atoms with Crippen molar-refractivity contribution in [2.45, 2.75) is 58.7 Å². The van der Waals surface area contributed by atoms with Crippen LogP contribution in [0, 0.1) is 6.92 Å². The number of amides is 2. The first kappa shape index (κ1) is 20.3. The molecule has 1 atom stereocenters. The van der Waals surface area contributed by atoms with Gasteiger partial charge in [-0.1, -0.05) is 19.1 Å². The van der Waals surface area contributed by atoms with Crippen LogP contribution < -0.4 is 16.3 Å².